The standard InChI is InChI=1S/C13H17N5O2/c1-17(11-4-2-3-10(11)7-15)13-12(18(19)20)5-9(6-14)8-16-13/h5,8,10-11H,2-4,7,15H2,1H3. The summed E-state index contributed by atoms with van der Waals surface area (Å²) < 4.78 is 0. The van der Waals surface area contributed by atoms with Crippen LogP contribution in [0.3, 0.4) is 0 Å². The Kier molecular flexibility index (Phi) is 4.15. The SMILES string of the molecule is CN(c1ncc(C#N)cc1[N+](=O)[O-])C1CCCC1CN. The highest BCUT2D eigenvalue weighted by molar-refractivity contribution is 5.60. The molecule has 0 spiro atoms. The van der Waals surface area contributed by atoms with Crippen molar-refractivity contribution < 1.29 is 4.92 Å². The van der Waals surface area contributed by atoms with Gasteiger partial charge in [0.25, 0.3) is 0 Å². The minimum absolute atomic E-state index is 0.130. The Morgan fingerprint density at radius 1 is 1.65 bits per heavy atom. The summed E-state index contributed by atoms with van der Waals surface area (Å²) in [5.74, 6) is 0.636. The fourth-order valence-electron chi connectivity index (χ4n) is 2.87. The summed E-state index contributed by atoms with van der Waals surface area (Å²) in [5, 5.41) is 20.0. The first-order valence-corrected chi connectivity index (χ1v) is 6.56. The Bertz CT molecular complexity index is 554. The molecule has 0 aliphatic heterocycles. The number of nitriles is 1. The van der Waals surface area contributed by atoms with Crippen LogP contribution in [0.2, 0.25) is 0 Å². The molecule has 1 aromatic rings. The molecule has 7 nitrogen and oxygen atoms in total. The zero-order valence-electron chi connectivity index (χ0n) is 11.3. The lowest BCUT2D eigenvalue weighted by Gasteiger charge is -2.29. The second-order valence-corrected chi connectivity index (χ2v) is 5.04. The molecule has 0 amide bonds. The van der Waals surface area contributed by atoms with Crippen LogP contribution in [0, 0.1) is 27.4 Å². The molecule has 1 saturated carbocycles. The van der Waals surface area contributed by atoms with Crippen molar-refractivity contribution in [2.75, 3.05) is 18.5 Å². The van der Waals surface area contributed by atoms with Crippen molar-refractivity contribution in [3.63, 3.8) is 0 Å². The van der Waals surface area contributed by atoms with Gasteiger partial charge in [0.2, 0.25) is 5.82 Å². The van der Waals surface area contributed by atoms with Crippen molar-refractivity contribution in [3.05, 3.63) is 27.9 Å². The van der Waals surface area contributed by atoms with E-state index in [1.807, 2.05) is 11.0 Å². The van der Waals surface area contributed by atoms with Gasteiger partial charge < -0.3 is 10.6 Å². The molecule has 2 unspecified atom stereocenters. The molecule has 2 rings (SSSR count). The maximum atomic E-state index is 11.2. The quantitative estimate of drug-likeness (QED) is 0.657. The van der Waals surface area contributed by atoms with Crippen molar-refractivity contribution in [1.29, 1.82) is 5.26 Å². The molecule has 0 saturated heterocycles. The highest BCUT2D eigenvalue weighted by Crippen LogP contribution is 2.34. The van der Waals surface area contributed by atoms with Crippen molar-refractivity contribution in [2.24, 2.45) is 11.7 Å². The monoisotopic (exact) mass is 275 g/mol. The molecule has 1 aliphatic rings. The van der Waals surface area contributed by atoms with Crippen molar-refractivity contribution in [2.45, 2.75) is 25.3 Å². The van der Waals surface area contributed by atoms with Crippen LogP contribution in [0.4, 0.5) is 11.5 Å². The summed E-state index contributed by atoms with van der Waals surface area (Å²) >= 11 is 0. The van der Waals surface area contributed by atoms with Crippen LogP contribution >= 0.6 is 0 Å². The van der Waals surface area contributed by atoms with Gasteiger partial charge in [-0.1, -0.05) is 6.42 Å². The average Bonchev–Trinajstić information content (AvgIpc) is 2.94. The molecule has 20 heavy (non-hydrogen) atoms. The third kappa shape index (κ3) is 2.56. The van der Waals surface area contributed by atoms with E-state index in [4.69, 9.17) is 11.0 Å². The molecule has 1 fully saturated rings. The third-order valence-electron chi connectivity index (χ3n) is 3.93. The van der Waals surface area contributed by atoms with Gasteiger partial charge in [-0.05, 0) is 25.3 Å². The predicted octanol–water partition coefficient (Wildman–Crippen LogP) is 1.43. The lowest BCUT2D eigenvalue weighted by molar-refractivity contribution is -0.384. The molecule has 2 N–H and O–H groups in total. The van der Waals surface area contributed by atoms with Crippen LogP contribution in [-0.4, -0.2) is 29.5 Å². The zero-order chi connectivity index (χ0) is 14.7. The second kappa shape index (κ2) is 5.84. The number of anilines is 1. The van der Waals surface area contributed by atoms with Gasteiger partial charge in [-0.25, -0.2) is 4.98 Å². The highest BCUT2D eigenvalue weighted by atomic mass is 16.6. The zero-order valence-corrected chi connectivity index (χ0v) is 11.3. The topological polar surface area (TPSA) is 109 Å². The Labute approximate surface area is 117 Å². The number of aromatic nitrogens is 1. The molecule has 1 aliphatic carbocycles. The third-order valence-corrected chi connectivity index (χ3v) is 3.93. The molecule has 1 aromatic heterocycles. The first-order valence-electron chi connectivity index (χ1n) is 6.56. The van der Waals surface area contributed by atoms with E-state index in [1.54, 1.807) is 7.05 Å². The minimum Gasteiger partial charge on any atom is -0.351 e. The summed E-state index contributed by atoms with van der Waals surface area (Å²) in [5.41, 5.74) is 5.82. The van der Waals surface area contributed by atoms with Gasteiger partial charge in [-0.2, -0.15) is 5.26 Å². The van der Waals surface area contributed by atoms with Crippen molar-refractivity contribution in [3.8, 4) is 6.07 Å². The van der Waals surface area contributed by atoms with Gasteiger partial charge in [0.1, 0.15) is 6.07 Å². The highest BCUT2D eigenvalue weighted by Gasteiger charge is 2.33. The van der Waals surface area contributed by atoms with Gasteiger partial charge in [-0.3, -0.25) is 10.1 Å². The first-order chi connectivity index (χ1) is 9.58. The van der Waals surface area contributed by atoms with Crippen LogP contribution < -0.4 is 10.6 Å². The fourth-order valence-corrected chi connectivity index (χ4v) is 2.87. The number of hydrogen-bond acceptors (Lipinski definition) is 6. The normalized spacial score (nSPS) is 21.4. The molecular formula is C13H17N5O2. The number of rotatable bonds is 4. The first kappa shape index (κ1) is 14.2. The Balaban J connectivity index is 2.36. The molecule has 1 heterocycles. The van der Waals surface area contributed by atoms with E-state index in [0.29, 0.717) is 18.3 Å². The van der Waals surface area contributed by atoms with Gasteiger partial charge in [0, 0.05) is 25.4 Å². The molecule has 2 atom stereocenters. The maximum absolute atomic E-state index is 11.2. The van der Waals surface area contributed by atoms with Gasteiger partial charge >= 0.3 is 5.69 Å². The summed E-state index contributed by atoms with van der Waals surface area (Å²) in [6.07, 6.45) is 4.43. The number of nitrogens with zero attached hydrogens (tertiary/aromatic N) is 4. The van der Waals surface area contributed by atoms with Crippen LogP contribution in [0.25, 0.3) is 0 Å². The molecule has 7 heteroatoms. The van der Waals surface area contributed by atoms with E-state index >= 15 is 0 Å². The van der Waals surface area contributed by atoms with E-state index in [0.717, 1.165) is 19.3 Å². The number of pyridine rings is 1. The Hall–Kier alpha value is -2.20. The summed E-state index contributed by atoms with van der Waals surface area (Å²) in [6, 6.07) is 3.31. The van der Waals surface area contributed by atoms with Gasteiger partial charge in [-0.15, -0.1) is 0 Å². The van der Waals surface area contributed by atoms with Crippen molar-refractivity contribution in [1.82, 2.24) is 4.98 Å². The number of nitro groups is 1. The smallest absolute Gasteiger partial charge is 0.312 e. The van der Waals surface area contributed by atoms with Gasteiger partial charge in [0.05, 0.1) is 10.5 Å². The largest absolute Gasteiger partial charge is 0.351 e. The molecule has 106 valence electrons. The van der Waals surface area contributed by atoms with E-state index in [-0.39, 0.29) is 17.3 Å². The Morgan fingerprint density at radius 2 is 2.40 bits per heavy atom. The van der Waals surface area contributed by atoms with Gasteiger partial charge in [0.15, 0.2) is 0 Å². The fraction of sp³-hybridized carbons (Fsp3) is 0.538. The van der Waals surface area contributed by atoms with E-state index < -0.39 is 4.92 Å². The van der Waals surface area contributed by atoms with E-state index in [1.165, 1.54) is 12.3 Å². The maximum Gasteiger partial charge on any atom is 0.312 e. The predicted molar refractivity (Wildman–Crippen MR) is 74.2 cm³/mol. The molecular weight excluding hydrogens is 258 g/mol. The second-order valence-electron chi connectivity index (χ2n) is 5.04. The summed E-state index contributed by atoms with van der Waals surface area (Å²) in [6.45, 7) is 0.569. The van der Waals surface area contributed by atoms with Crippen LogP contribution in [0.1, 0.15) is 24.8 Å². The Morgan fingerprint density at radius 3 is 3.00 bits per heavy atom. The summed E-state index contributed by atoms with van der Waals surface area (Å²) in [7, 11) is 1.81. The van der Waals surface area contributed by atoms with E-state index in [9.17, 15) is 10.1 Å². The lowest BCUT2D eigenvalue weighted by atomic mass is 10.0. The average molecular weight is 275 g/mol. The summed E-state index contributed by atoms with van der Waals surface area (Å²) in [4.78, 5) is 16.6. The minimum atomic E-state index is -0.494. The molecule has 0 aromatic carbocycles. The molecule has 0 radical (unpaired) electrons. The van der Waals surface area contributed by atoms with Crippen molar-refractivity contribution >= 4 is 11.5 Å². The lowest BCUT2D eigenvalue weighted by Crippen LogP contribution is -2.38. The van der Waals surface area contributed by atoms with Crippen LogP contribution in [0.15, 0.2) is 12.3 Å². The van der Waals surface area contributed by atoms with Crippen LogP contribution in [-0.2, 0) is 0 Å². The number of hydrogen-bond donors (Lipinski definition) is 1. The van der Waals surface area contributed by atoms with E-state index in [2.05, 4.69) is 4.98 Å². The molecule has 0 bridgehead atoms. The number of nitrogens with two attached hydrogens (primary N) is 1. The van der Waals surface area contributed by atoms with Crippen LogP contribution in [0.5, 0.6) is 0 Å².